The van der Waals surface area contributed by atoms with E-state index in [1.54, 1.807) is 19.1 Å². The van der Waals surface area contributed by atoms with Crippen molar-refractivity contribution in [1.29, 1.82) is 0 Å². The highest BCUT2D eigenvalue weighted by atomic mass is 19.1. The highest BCUT2D eigenvalue weighted by Crippen LogP contribution is 2.33. The Balaban J connectivity index is 1.47. The maximum atomic E-state index is 13.8. The van der Waals surface area contributed by atoms with Gasteiger partial charge in [0.25, 0.3) is 0 Å². The molecule has 0 aromatic heterocycles. The molecule has 0 saturated heterocycles. The van der Waals surface area contributed by atoms with Gasteiger partial charge < -0.3 is 19.4 Å². The lowest BCUT2D eigenvalue weighted by Gasteiger charge is -2.35. The number of carbonyl (C=O) groups is 1. The van der Waals surface area contributed by atoms with Crippen molar-refractivity contribution in [3.63, 3.8) is 0 Å². The Morgan fingerprint density at radius 3 is 2.75 bits per heavy atom. The van der Waals surface area contributed by atoms with E-state index in [0.29, 0.717) is 24.7 Å². The van der Waals surface area contributed by atoms with Crippen LogP contribution in [0.1, 0.15) is 30.9 Å². The molecule has 28 heavy (non-hydrogen) atoms. The summed E-state index contributed by atoms with van der Waals surface area (Å²) in [6.45, 7) is 4.03. The number of benzene rings is 2. The number of aldehydes is 1. The van der Waals surface area contributed by atoms with Crippen molar-refractivity contribution in [3.05, 3.63) is 59.4 Å². The molecule has 2 aromatic carbocycles. The normalized spacial score (nSPS) is 20.7. The minimum atomic E-state index is -0.776. The molecule has 2 aromatic rings. The van der Waals surface area contributed by atoms with Crippen LogP contribution in [0, 0.1) is 24.1 Å². The molecule has 4 nitrogen and oxygen atoms in total. The zero-order chi connectivity index (χ0) is 20.1. The number of aliphatic hydroxyl groups is 1. The molecular formula is C23H27FO4. The highest BCUT2D eigenvalue weighted by molar-refractivity contribution is 5.59. The first kappa shape index (κ1) is 20.3. The van der Waals surface area contributed by atoms with E-state index in [0.717, 1.165) is 36.0 Å². The van der Waals surface area contributed by atoms with Gasteiger partial charge in [0.1, 0.15) is 12.0 Å². The predicted molar refractivity (Wildman–Crippen MR) is 105 cm³/mol. The molecule has 1 aliphatic carbocycles. The van der Waals surface area contributed by atoms with Crippen LogP contribution in [0.5, 0.6) is 11.5 Å². The molecule has 1 unspecified atom stereocenters. The van der Waals surface area contributed by atoms with Crippen molar-refractivity contribution in [3.8, 4) is 11.5 Å². The van der Waals surface area contributed by atoms with Crippen LogP contribution in [0.2, 0.25) is 0 Å². The van der Waals surface area contributed by atoms with E-state index in [1.165, 1.54) is 6.07 Å². The summed E-state index contributed by atoms with van der Waals surface area (Å²) in [4.78, 5) is 11.2. The third-order valence-corrected chi connectivity index (χ3v) is 5.21. The van der Waals surface area contributed by atoms with Gasteiger partial charge in [-0.3, -0.25) is 0 Å². The largest absolute Gasteiger partial charge is 0.493 e. The van der Waals surface area contributed by atoms with Crippen molar-refractivity contribution in [2.24, 2.45) is 11.3 Å². The second-order valence-electron chi connectivity index (χ2n) is 8.08. The number of hydrogen-bond donors (Lipinski definition) is 1. The zero-order valence-corrected chi connectivity index (χ0v) is 16.4. The SMILES string of the molecule is Cc1ccc(F)c(OC2CC(COc3cccc(CC(C)(C=O)CO)c3)C2)c1. The van der Waals surface area contributed by atoms with Gasteiger partial charge >= 0.3 is 0 Å². The molecule has 150 valence electrons. The third kappa shape index (κ3) is 5.10. The number of aliphatic hydroxyl groups excluding tert-OH is 1. The van der Waals surface area contributed by atoms with Gasteiger partial charge in [0, 0.05) is 0 Å². The molecule has 1 saturated carbocycles. The molecule has 0 aliphatic heterocycles. The van der Waals surface area contributed by atoms with Gasteiger partial charge in [-0.1, -0.05) is 25.1 Å². The molecule has 1 aliphatic rings. The average Bonchev–Trinajstić information content (AvgIpc) is 2.66. The van der Waals surface area contributed by atoms with Crippen LogP contribution in [0.4, 0.5) is 4.39 Å². The fourth-order valence-electron chi connectivity index (χ4n) is 3.35. The molecule has 0 heterocycles. The lowest BCUT2D eigenvalue weighted by Crippen LogP contribution is -2.37. The van der Waals surface area contributed by atoms with E-state index in [-0.39, 0.29) is 18.5 Å². The lowest BCUT2D eigenvalue weighted by molar-refractivity contribution is -0.117. The Morgan fingerprint density at radius 2 is 2.04 bits per heavy atom. The van der Waals surface area contributed by atoms with Gasteiger partial charge in [0.05, 0.1) is 24.7 Å². The van der Waals surface area contributed by atoms with Crippen LogP contribution < -0.4 is 9.47 Å². The summed E-state index contributed by atoms with van der Waals surface area (Å²) in [5, 5.41) is 9.40. The van der Waals surface area contributed by atoms with Crippen LogP contribution >= 0.6 is 0 Å². The molecular weight excluding hydrogens is 359 g/mol. The van der Waals surface area contributed by atoms with Gasteiger partial charge in [0.2, 0.25) is 0 Å². The number of aryl methyl sites for hydroxylation is 1. The predicted octanol–water partition coefficient (Wildman–Crippen LogP) is 4.11. The molecule has 0 amide bonds. The molecule has 1 N–H and O–H groups in total. The molecule has 0 bridgehead atoms. The first-order valence-corrected chi connectivity index (χ1v) is 9.62. The third-order valence-electron chi connectivity index (χ3n) is 5.21. The van der Waals surface area contributed by atoms with Crippen LogP contribution in [0.25, 0.3) is 0 Å². The lowest BCUT2D eigenvalue weighted by atomic mass is 9.83. The number of ether oxygens (including phenoxy) is 2. The van der Waals surface area contributed by atoms with Crippen molar-refractivity contribution >= 4 is 6.29 Å². The summed E-state index contributed by atoms with van der Waals surface area (Å²) in [6, 6.07) is 12.5. The Hall–Kier alpha value is -2.40. The quantitative estimate of drug-likeness (QED) is 0.659. The van der Waals surface area contributed by atoms with E-state index < -0.39 is 5.41 Å². The van der Waals surface area contributed by atoms with Gasteiger partial charge in [-0.15, -0.1) is 0 Å². The van der Waals surface area contributed by atoms with E-state index in [1.807, 2.05) is 31.2 Å². The van der Waals surface area contributed by atoms with Gasteiger partial charge in [-0.05, 0) is 67.5 Å². The van der Waals surface area contributed by atoms with Crippen molar-refractivity contribution in [1.82, 2.24) is 0 Å². The van der Waals surface area contributed by atoms with Crippen LogP contribution in [0.3, 0.4) is 0 Å². The molecule has 3 rings (SSSR count). The number of halogens is 1. The van der Waals surface area contributed by atoms with E-state index in [4.69, 9.17) is 9.47 Å². The van der Waals surface area contributed by atoms with Crippen LogP contribution in [-0.4, -0.2) is 30.7 Å². The second-order valence-corrected chi connectivity index (χ2v) is 8.08. The topological polar surface area (TPSA) is 55.8 Å². The average molecular weight is 386 g/mol. The smallest absolute Gasteiger partial charge is 0.165 e. The highest BCUT2D eigenvalue weighted by Gasteiger charge is 2.32. The van der Waals surface area contributed by atoms with Crippen LogP contribution in [-0.2, 0) is 11.2 Å². The molecule has 0 radical (unpaired) electrons. The van der Waals surface area contributed by atoms with Gasteiger partial charge in [-0.25, -0.2) is 4.39 Å². The molecule has 1 fully saturated rings. The molecule has 1 atom stereocenters. The zero-order valence-electron chi connectivity index (χ0n) is 16.4. The first-order chi connectivity index (χ1) is 13.4. The summed E-state index contributed by atoms with van der Waals surface area (Å²) in [7, 11) is 0. The standard InChI is InChI=1S/C23H27FO4/c1-16-6-7-21(24)22(8-16)28-20-10-18(11-20)13-27-19-5-3-4-17(9-19)12-23(2,14-25)15-26/h3-9,14,18,20,26H,10-13,15H2,1-2H3. The van der Waals surface area contributed by atoms with Crippen molar-refractivity contribution < 1.29 is 23.8 Å². The summed E-state index contributed by atoms with van der Waals surface area (Å²) >= 11 is 0. The number of carbonyl (C=O) groups excluding carboxylic acids is 1. The Kier molecular flexibility index (Phi) is 6.35. The Morgan fingerprint density at radius 1 is 1.25 bits per heavy atom. The van der Waals surface area contributed by atoms with Gasteiger partial charge in [0.15, 0.2) is 11.6 Å². The van der Waals surface area contributed by atoms with E-state index in [9.17, 15) is 14.3 Å². The Bertz CT molecular complexity index is 816. The van der Waals surface area contributed by atoms with E-state index >= 15 is 0 Å². The summed E-state index contributed by atoms with van der Waals surface area (Å²) in [5.41, 5.74) is 1.15. The number of rotatable bonds is 9. The minimum absolute atomic E-state index is 0.0223. The summed E-state index contributed by atoms with van der Waals surface area (Å²) < 4.78 is 25.4. The summed E-state index contributed by atoms with van der Waals surface area (Å²) in [5.74, 6) is 1.11. The van der Waals surface area contributed by atoms with Crippen molar-refractivity contribution in [2.75, 3.05) is 13.2 Å². The van der Waals surface area contributed by atoms with Gasteiger partial charge in [-0.2, -0.15) is 0 Å². The van der Waals surface area contributed by atoms with Crippen molar-refractivity contribution in [2.45, 2.75) is 39.2 Å². The molecule has 0 spiro atoms. The second kappa shape index (κ2) is 8.74. The Labute approximate surface area is 165 Å². The monoisotopic (exact) mass is 386 g/mol. The first-order valence-electron chi connectivity index (χ1n) is 9.62. The fourth-order valence-corrected chi connectivity index (χ4v) is 3.35. The van der Waals surface area contributed by atoms with Crippen LogP contribution in [0.15, 0.2) is 42.5 Å². The maximum Gasteiger partial charge on any atom is 0.165 e. The number of hydrogen-bond acceptors (Lipinski definition) is 4. The van der Waals surface area contributed by atoms with E-state index in [2.05, 4.69) is 0 Å². The summed E-state index contributed by atoms with van der Waals surface area (Å²) in [6.07, 6.45) is 2.95. The fraction of sp³-hybridized carbons (Fsp3) is 0.435. The maximum absolute atomic E-state index is 13.8. The minimum Gasteiger partial charge on any atom is -0.493 e. The molecule has 5 heteroatoms.